The molecule has 2 aromatic rings. The summed E-state index contributed by atoms with van der Waals surface area (Å²) >= 11 is 1.26. The lowest BCUT2D eigenvalue weighted by atomic mass is 10.0. The van der Waals surface area contributed by atoms with Crippen molar-refractivity contribution in [3.05, 3.63) is 40.9 Å². The number of benzene rings is 1. The Labute approximate surface area is 163 Å². The van der Waals surface area contributed by atoms with Gasteiger partial charge >= 0.3 is 0 Å². The first kappa shape index (κ1) is 19.4. The van der Waals surface area contributed by atoms with Crippen molar-refractivity contribution in [1.82, 2.24) is 20.0 Å². The van der Waals surface area contributed by atoms with Crippen LogP contribution < -0.4 is 5.32 Å². The monoisotopic (exact) mass is 387 g/mol. The van der Waals surface area contributed by atoms with Gasteiger partial charge in [0.25, 0.3) is 0 Å². The van der Waals surface area contributed by atoms with Crippen LogP contribution >= 0.6 is 11.3 Å². The van der Waals surface area contributed by atoms with Crippen molar-refractivity contribution in [2.24, 2.45) is 0 Å². The summed E-state index contributed by atoms with van der Waals surface area (Å²) in [7, 11) is 4.10. The summed E-state index contributed by atoms with van der Waals surface area (Å²) in [6, 6.07) is 8.61. The van der Waals surface area contributed by atoms with Crippen LogP contribution in [0.4, 0.5) is 5.13 Å². The molecule has 0 spiro atoms. The third-order valence-electron chi connectivity index (χ3n) is 4.61. The van der Waals surface area contributed by atoms with E-state index in [1.807, 2.05) is 19.0 Å². The van der Waals surface area contributed by atoms with Crippen LogP contribution in [0.2, 0.25) is 0 Å². The lowest BCUT2D eigenvalue weighted by molar-refractivity contribution is -0.133. The number of carbonyl (C=O) groups excluding carboxylic acids is 2. The number of nitrogens with zero attached hydrogens (tertiary/aromatic N) is 4. The van der Waals surface area contributed by atoms with E-state index in [-0.39, 0.29) is 30.7 Å². The third-order valence-corrected chi connectivity index (χ3v) is 5.22. The van der Waals surface area contributed by atoms with Crippen molar-refractivity contribution in [2.45, 2.75) is 38.3 Å². The first-order valence-electron chi connectivity index (χ1n) is 9.12. The number of aromatic nitrogens is 2. The number of hydrogen-bond donors (Lipinski definition) is 1. The van der Waals surface area contributed by atoms with Gasteiger partial charge < -0.3 is 15.1 Å². The van der Waals surface area contributed by atoms with Gasteiger partial charge in [0.1, 0.15) is 5.51 Å². The summed E-state index contributed by atoms with van der Waals surface area (Å²) in [5.41, 5.74) is 3.98. The highest BCUT2D eigenvalue weighted by atomic mass is 32.1. The molecule has 1 aromatic carbocycles. The minimum Gasteiger partial charge on any atom is -0.336 e. The summed E-state index contributed by atoms with van der Waals surface area (Å²) in [5.74, 6) is -0.175. The number of anilines is 1. The summed E-state index contributed by atoms with van der Waals surface area (Å²) in [5, 5.41) is 10.6. The van der Waals surface area contributed by atoms with Gasteiger partial charge in [-0.3, -0.25) is 9.59 Å². The standard InChI is InChI=1S/C19H25N5O2S/c1-23(2)12-14-5-7-15(8-6-14)16-4-3-11-24(16)18(26)10-9-17(25)21-19-22-20-13-27-19/h5-8,13,16H,3-4,9-12H2,1-2H3,(H,21,22,25). The quantitative estimate of drug-likeness (QED) is 0.790. The van der Waals surface area contributed by atoms with Crippen molar-refractivity contribution >= 4 is 28.3 Å². The van der Waals surface area contributed by atoms with E-state index >= 15 is 0 Å². The lowest BCUT2D eigenvalue weighted by Crippen LogP contribution is -2.31. The summed E-state index contributed by atoms with van der Waals surface area (Å²) in [6.45, 7) is 1.65. The number of nitrogens with one attached hydrogen (secondary N) is 1. The topological polar surface area (TPSA) is 78.4 Å². The zero-order valence-corrected chi connectivity index (χ0v) is 16.5. The van der Waals surface area contributed by atoms with Crippen molar-refractivity contribution < 1.29 is 9.59 Å². The molecule has 1 fully saturated rings. The van der Waals surface area contributed by atoms with E-state index in [1.54, 1.807) is 5.51 Å². The molecular formula is C19H25N5O2S. The largest absolute Gasteiger partial charge is 0.336 e. The number of rotatable bonds is 7. The van der Waals surface area contributed by atoms with Crippen LogP contribution in [-0.2, 0) is 16.1 Å². The number of likely N-dealkylation sites (tertiary alicyclic amines) is 1. The second-order valence-corrected chi connectivity index (χ2v) is 7.85. The summed E-state index contributed by atoms with van der Waals surface area (Å²) in [4.78, 5) is 28.7. The second-order valence-electron chi connectivity index (χ2n) is 7.02. The van der Waals surface area contributed by atoms with E-state index in [0.717, 1.165) is 25.9 Å². The van der Waals surface area contributed by atoms with Gasteiger partial charge in [0, 0.05) is 25.9 Å². The predicted octanol–water partition coefficient (Wildman–Crippen LogP) is 2.68. The molecule has 1 N–H and O–H groups in total. The van der Waals surface area contributed by atoms with E-state index in [2.05, 4.69) is 44.7 Å². The van der Waals surface area contributed by atoms with E-state index in [9.17, 15) is 9.59 Å². The Morgan fingerprint density at radius 2 is 2.04 bits per heavy atom. The Balaban J connectivity index is 1.55. The molecule has 0 radical (unpaired) electrons. The maximum atomic E-state index is 12.7. The molecule has 1 aromatic heterocycles. The van der Waals surface area contributed by atoms with Crippen LogP contribution in [0.15, 0.2) is 29.8 Å². The maximum Gasteiger partial charge on any atom is 0.226 e. The zero-order chi connectivity index (χ0) is 19.2. The van der Waals surface area contributed by atoms with Crippen molar-refractivity contribution in [3.63, 3.8) is 0 Å². The first-order chi connectivity index (χ1) is 13.0. The van der Waals surface area contributed by atoms with Crippen LogP contribution in [-0.4, -0.2) is 52.5 Å². The van der Waals surface area contributed by atoms with Gasteiger partial charge in [-0.25, -0.2) is 0 Å². The van der Waals surface area contributed by atoms with E-state index in [4.69, 9.17) is 0 Å². The predicted molar refractivity (Wildman–Crippen MR) is 105 cm³/mol. The highest BCUT2D eigenvalue weighted by molar-refractivity contribution is 7.13. The fraction of sp³-hybridized carbons (Fsp3) is 0.474. The van der Waals surface area contributed by atoms with Gasteiger partial charge in [0.15, 0.2) is 0 Å². The Hall–Kier alpha value is -2.32. The molecule has 2 amide bonds. The molecule has 7 nitrogen and oxygen atoms in total. The SMILES string of the molecule is CN(C)Cc1ccc(C2CCCN2C(=O)CCC(=O)Nc2nncs2)cc1. The Bertz CT molecular complexity index is 761. The average molecular weight is 388 g/mol. The molecule has 1 atom stereocenters. The van der Waals surface area contributed by atoms with E-state index in [0.29, 0.717) is 5.13 Å². The third kappa shape index (κ3) is 5.33. The van der Waals surface area contributed by atoms with Crippen molar-refractivity contribution in [2.75, 3.05) is 26.0 Å². The van der Waals surface area contributed by atoms with E-state index < -0.39 is 0 Å². The minimum absolute atomic E-state index is 0.0299. The van der Waals surface area contributed by atoms with Crippen molar-refractivity contribution in [3.8, 4) is 0 Å². The van der Waals surface area contributed by atoms with Gasteiger partial charge in [-0.2, -0.15) is 0 Å². The Morgan fingerprint density at radius 3 is 2.70 bits per heavy atom. The maximum absolute atomic E-state index is 12.7. The molecule has 0 bridgehead atoms. The fourth-order valence-corrected chi connectivity index (χ4v) is 3.86. The smallest absolute Gasteiger partial charge is 0.226 e. The Morgan fingerprint density at radius 1 is 1.26 bits per heavy atom. The average Bonchev–Trinajstić information content (AvgIpc) is 3.31. The molecule has 1 aliphatic heterocycles. The fourth-order valence-electron chi connectivity index (χ4n) is 3.40. The van der Waals surface area contributed by atoms with Gasteiger partial charge in [0.05, 0.1) is 6.04 Å². The number of carbonyl (C=O) groups is 2. The molecule has 2 heterocycles. The molecule has 3 rings (SSSR count). The summed E-state index contributed by atoms with van der Waals surface area (Å²) in [6.07, 6.45) is 2.33. The molecule has 0 saturated carbocycles. The number of amides is 2. The van der Waals surface area contributed by atoms with Crippen LogP contribution in [0.1, 0.15) is 42.9 Å². The van der Waals surface area contributed by atoms with Gasteiger partial charge in [-0.15, -0.1) is 10.2 Å². The lowest BCUT2D eigenvalue weighted by Gasteiger charge is -2.25. The van der Waals surface area contributed by atoms with Gasteiger partial charge in [-0.05, 0) is 38.1 Å². The molecular weight excluding hydrogens is 362 g/mol. The minimum atomic E-state index is -0.205. The zero-order valence-electron chi connectivity index (χ0n) is 15.7. The summed E-state index contributed by atoms with van der Waals surface area (Å²) < 4.78 is 0. The molecule has 27 heavy (non-hydrogen) atoms. The van der Waals surface area contributed by atoms with Crippen molar-refractivity contribution in [1.29, 1.82) is 0 Å². The number of hydrogen-bond acceptors (Lipinski definition) is 6. The second kappa shape index (κ2) is 9.05. The van der Waals surface area contributed by atoms with Gasteiger partial charge in [0.2, 0.25) is 16.9 Å². The normalized spacial score (nSPS) is 16.7. The molecule has 0 aliphatic carbocycles. The molecule has 1 saturated heterocycles. The molecule has 8 heteroatoms. The van der Waals surface area contributed by atoms with Gasteiger partial charge in [-0.1, -0.05) is 35.6 Å². The molecule has 1 aliphatic rings. The highest BCUT2D eigenvalue weighted by Crippen LogP contribution is 2.32. The van der Waals surface area contributed by atoms with Crippen LogP contribution in [0, 0.1) is 0 Å². The van der Waals surface area contributed by atoms with E-state index in [1.165, 1.54) is 22.5 Å². The van der Waals surface area contributed by atoms with Crippen LogP contribution in [0.25, 0.3) is 0 Å². The Kier molecular flexibility index (Phi) is 6.52. The molecule has 144 valence electrons. The first-order valence-corrected chi connectivity index (χ1v) is 10.00. The van der Waals surface area contributed by atoms with Crippen LogP contribution in [0.3, 0.4) is 0 Å². The molecule has 1 unspecified atom stereocenters. The highest BCUT2D eigenvalue weighted by Gasteiger charge is 2.29. The van der Waals surface area contributed by atoms with Crippen LogP contribution in [0.5, 0.6) is 0 Å².